The number of nitrogens with one attached hydrogen (secondary N) is 2. The van der Waals surface area contributed by atoms with E-state index in [1.807, 2.05) is 45.0 Å². The Morgan fingerprint density at radius 1 is 1.00 bits per heavy atom. The van der Waals surface area contributed by atoms with Crippen LogP contribution < -0.4 is 10.6 Å². The number of benzene rings is 2. The molecule has 0 fully saturated rings. The van der Waals surface area contributed by atoms with Crippen molar-refractivity contribution in [3.63, 3.8) is 0 Å². The summed E-state index contributed by atoms with van der Waals surface area (Å²) < 4.78 is 0. The Labute approximate surface area is 147 Å². The maximum absolute atomic E-state index is 12.2. The summed E-state index contributed by atoms with van der Waals surface area (Å²) in [6, 6.07) is 11.1. The topological polar surface area (TPSA) is 58.2 Å². The smallest absolute Gasteiger partial charge is 0.233 e. The van der Waals surface area contributed by atoms with E-state index in [2.05, 4.69) is 10.6 Å². The molecule has 0 aliphatic heterocycles. The number of anilines is 2. The van der Waals surface area contributed by atoms with Gasteiger partial charge in [0.05, 0.1) is 0 Å². The molecule has 0 unspecified atom stereocenters. The van der Waals surface area contributed by atoms with E-state index < -0.39 is 0 Å². The molecule has 2 aromatic rings. The lowest BCUT2D eigenvalue weighted by Crippen LogP contribution is -2.22. The molecule has 0 aliphatic rings. The summed E-state index contributed by atoms with van der Waals surface area (Å²) in [6.45, 7) is 5.83. The first-order chi connectivity index (χ1) is 11.4. The SMILES string of the molecule is CCc1cccc(C)c1NC(=O)CC(=O)Nc1cc(Cl)ccc1C. The van der Waals surface area contributed by atoms with Gasteiger partial charge < -0.3 is 10.6 Å². The highest BCUT2D eigenvalue weighted by Crippen LogP contribution is 2.22. The molecule has 0 aliphatic carbocycles. The molecule has 0 bridgehead atoms. The van der Waals surface area contributed by atoms with Crippen LogP contribution in [0.4, 0.5) is 11.4 Å². The van der Waals surface area contributed by atoms with Crippen molar-refractivity contribution in [1.29, 1.82) is 0 Å². The van der Waals surface area contributed by atoms with Gasteiger partial charge in [-0.25, -0.2) is 0 Å². The van der Waals surface area contributed by atoms with Gasteiger partial charge in [-0.05, 0) is 49.1 Å². The zero-order chi connectivity index (χ0) is 17.7. The standard InChI is InChI=1S/C19H21ClN2O2/c1-4-14-7-5-6-13(3)19(14)22-18(24)11-17(23)21-16-10-15(20)9-8-12(16)2/h5-10H,4,11H2,1-3H3,(H,21,23)(H,22,24). The molecule has 0 spiro atoms. The van der Waals surface area contributed by atoms with E-state index in [9.17, 15) is 9.59 Å². The number of hydrogen-bond acceptors (Lipinski definition) is 2. The van der Waals surface area contributed by atoms with E-state index in [4.69, 9.17) is 11.6 Å². The third-order valence-electron chi connectivity index (χ3n) is 3.80. The average molecular weight is 345 g/mol. The van der Waals surface area contributed by atoms with Crippen molar-refractivity contribution in [2.24, 2.45) is 0 Å². The second-order valence-electron chi connectivity index (χ2n) is 5.69. The number of para-hydroxylation sites is 1. The summed E-state index contributed by atoms with van der Waals surface area (Å²) in [5, 5.41) is 6.11. The second kappa shape index (κ2) is 7.97. The van der Waals surface area contributed by atoms with Crippen molar-refractivity contribution >= 4 is 34.8 Å². The molecular weight excluding hydrogens is 324 g/mol. The lowest BCUT2D eigenvalue weighted by atomic mass is 10.1. The maximum atomic E-state index is 12.2. The van der Waals surface area contributed by atoms with Crippen LogP contribution in [0.1, 0.15) is 30.0 Å². The molecule has 0 aromatic heterocycles. The summed E-state index contributed by atoms with van der Waals surface area (Å²) in [4.78, 5) is 24.3. The minimum atomic E-state index is -0.371. The van der Waals surface area contributed by atoms with Crippen molar-refractivity contribution in [2.75, 3.05) is 10.6 Å². The van der Waals surface area contributed by atoms with Crippen LogP contribution in [0.5, 0.6) is 0 Å². The van der Waals surface area contributed by atoms with E-state index >= 15 is 0 Å². The van der Waals surface area contributed by atoms with Crippen molar-refractivity contribution in [2.45, 2.75) is 33.6 Å². The molecule has 4 nitrogen and oxygen atoms in total. The highest BCUT2D eigenvalue weighted by atomic mass is 35.5. The molecule has 0 atom stereocenters. The van der Waals surface area contributed by atoms with Gasteiger partial charge in [-0.3, -0.25) is 9.59 Å². The molecule has 0 heterocycles. The van der Waals surface area contributed by atoms with Crippen LogP contribution in [0.2, 0.25) is 5.02 Å². The molecule has 126 valence electrons. The molecule has 2 N–H and O–H groups in total. The second-order valence-corrected chi connectivity index (χ2v) is 6.13. The maximum Gasteiger partial charge on any atom is 0.233 e. The highest BCUT2D eigenvalue weighted by Gasteiger charge is 2.13. The fourth-order valence-corrected chi connectivity index (χ4v) is 2.63. The van der Waals surface area contributed by atoms with Gasteiger partial charge in [0.2, 0.25) is 11.8 Å². The fraction of sp³-hybridized carbons (Fsp3) is 0.263. The predicted octanol–water partition coefficient (Wildman–Crippen LogP) is 4.49. The Morgan fingerprint density at radius 3 is 2.42 bits per heavy atom. The van der Waals surface area contributed by atoms with Crippen LogP contribution in [-0.2, 0) is 16.0 Å². The number of amides is 2. The third-order valence-corrected chi connectivity index (χ3v) is 4.03. The molecule has 2 aromatic carbocycles. The van der Waals surface area contributed by atoms with Crippen LogP contribution in [-0.4, -0.2) is 11.8 Å². The van der Waals surface area contributed by atoms with Gasteiger partial charge in [-0.1, -0.05) is 42.8 Å². The average Bonchev–Trinajstić information content (AvgIpc) is 2.52. The molecule has 5 heteroatoms. The first-order valence-corrected chi connectivity index (χ1v) is 8.23. The van der Waals surface area contributed by atoms with Gasteiger partial charge in [0.15, 0.2) is 0 Å². The minimum Gasteiger partial charge on any atom is -0.325 e. The molecule has 0 saturated carbocycles. The van der Waals surface area contributed by atoms with Crippen molar-refractivity contribution < 1.29 is 9.59 Å². The number of aryl methyl sites for hydroxylation is 3. The molecule has 24 heavy (non-hydrogen) atoms. The Hall–Kier alpha value is -2.33. The largest absolute Gasteiger partial charge is 0.325 e. The molecule has 2 rings (SSSR count). The lowest BCUT2D eigenvalue weighted by Gasteiger charge is -2.13. The van der Waals surface area contributed by atoms with Crippen molar-refractivity contribution in [1.82, 2.24) is 0 Å². The van der Waals surface area contributed by atoms with Gasteiger partial charge in [-0.2, -0.15) is 0 Å². The number of carbonyl (C=O) groups is 2. The Bertz CT molecular complexity index is 772. The first-order valence-electron chi connectivity index (χ1n) is 7.85. The van der Waals surface area contributed by atoms with E-state index in [0.29, 0.717) is 10.7 Å². The summed E-state index contributed by atoms with van der Waals surface area (Å²) in [6.07, 6.45) is 0.564. The van der Waals surface area contributed by atoms with Gasteiger partial charge in [-0.15, -0.1) is 0 Å². The summed E-state index contributed by atoms with van der Waals surface area (Å²) >= 11 is 5.93. The zero-order valence-electron chi connectivity index (χ0n) is 14.1. The fourth-order valence-electron chi connectivity index (χ4n) is 2.45. The van der Waals surface area contributed by atoms with Crippen molar-refractivity contribution in [3.8, 4) is 0 Å². The third kappa shape index (κ3) is 4.59. The van der Waals surface area contributed by atoms with E-state index in [1.165, 1.54) is 0 Å². The van der Waals surface area contributed by atoms with Crippen LogP contribution in [0.25, 0.3) is 0 Å². The monoisotopic (exact) mass is 344 g/mol. The Kier molecular flexibility index (Phi) is 5.99. The number of carbonyl (C=O) groups excluding carboxylic acids is 2. The van der Waals surface area contributed by atoms with Crippen LogP contribution in [0.15, 0.2) is 36.4 Å². The highest BCUT2D eigenvalue weighted by molar-refractivity contribution is 6.31. The summed E-state index contributed by atoms with van der Waals surface area (Å²) in [5.74, 6) is -0.708. The normalized spacial score (nSPS) is 10.3. The van der Waals surface area contributed by atoms with E-state index in [0.717, 1.165) is 28.8 Å². The molecule has 2 amide bonds. The van der Waals surface area contributed by atoms with E-state index in [-0.39, 0.29) is 18.2 Å². The lowest BCUT2D eigenvalue weighted by molar-refractivity contribution is -0.123. The Morgan fingerprint density at radius 2 is 1.71 bits per heavy atom. The zero-order valence-corrected chi connectivity index (χ0v) is 14.8. The minimum absolute atomic E-state index is 0.247. The summed E-state index contributed by atoms with van der Waals surface area (Å²) in [7, 11) is 0. The van der Waals surface area contributed by atoms with E-state index in [1.54, 1.807) is 12.1 Å². The van der Waals surface area contributed by atoms with Gasteiger partial charge in [0, 0.05) is 16.4 Å². The van der Waals surface area contributed by atoms with Crippen LogP contribution in [0, 0.1) is 13.8 Å². The summed E-state index contributed by atoms with van der Waals surface area (Å²) in [5.41, 5.74) is 4.32. The number of hydrogen-bond donors (Lipinski definition) is 2. The van der Waals surface area contributed by atoms with Crippen LogP contribution >= 0.6 is 11.6 Å². The Balaban J connectivity index is 2.02. The van der Waals surface area contributed by atoms with Crippen LogP contribution in [0.3, 0.4) is 0 Å². The number of halogens is 1. The number of rotatable bonds is 5. The van der Waals surface area contributed by atoms with Gasteiger partial charge in [0.25, 0.3) is 0 Å². The first kappa shape index (κ1) is 18.0. The van der Waals surface area contributed by atoms with Crippen molar-refractivity contribution in [3.05, 3.63) is 58.1 Å². The quantitative estimate of drug-likeness (QED) is 0.785. The van der Waals surface area contributed by atoms with Gasteiger partial charge >= 0.3 is 0 Å². The van der Waals surface area contributed by atoms with Gasteiger partial charge in [0.1, 0.15) is 6.42 Å². The predicted molar refractivity (Wildman–Crippen MR) is 98.6 cm³/mol. The molecule has 0 radical (unpaired) electrons. The molecular formula is C19H21ClN2O2. The molecule has 0 saturated heterocycles.